The average molecular weight is 494 g/mol. The minimum Gasteiger partial charge on any atom is -0.496 e. The molecule has 0 unspecified atom stereocenters. The first-order chi connectivity index (χ1) is 16.3. The quantitative estimate of drug-likeness (QED) is 0.382. The summed E-state index contributed by atoms with van der Waals surface area (Å²) in [7, 11) is -0.771. The van der Waals surface area contributed by atoms with Gasteiger partial charge in [0.1, 0.15) is 5.75 Å². The number of anilines is 2. The summed E-state index contributed by atoms with van der Waals surface area (Å²) in [5, 5.41) is 4.97. The van der Waals surface area contributed by atoms with Crippen LogP contribution in [0.4, 0.5) is 10.8 Å². The fourth-order valence-electron chi connectivity index (χ4n) is 3.33. The normalized spacial score (nSPS) is 11.1. The molecule has 0 saturated heterocycles. The van der Waals surface area contributed by atoms with Gasteiger partial charge in [-0.3, -0.25) is 14.4 Å². The number of thiazole rings is 1. The van der Waals surface area contributed by atoms with E-state index in [0.717, 1.165) is 11.1 Å². The second-order valence-corrected chi connectivity index (χ2v) is 10.4. The van der Waals surface area contributed by atoms with Gasteiger partial charge in [-0.2, -0.15) is 0 Å². The summed E-state index contributed by atoms with van der Waals surface area (Å²) in [6.07, 6.45) is 0. The zero-order valence-corrected chi connectivity index (χ0v) is 20.5. The maximum atomic E-state index is 13.1. The van der Waals surface area contributed by atoms with Crippen LogP contribution in [0.15, 0.2) is 83.1 Å². The van der Waals surface area contributed by atoms with Crippen molar-refractivity contribution in [2.45, 2.75) is 11.8 Å². The van der Waals surface area contributed by atoms with Crippen molar-refractivity contribution in [3.63, 3.8) is 0 Å². The Morgan fingerprint density at radius 1 is 1.03 bits per heavy atom. The van der Waals surface area contributed by atoms with Crippen molar-refractivity contribution in [1.82, 2.24) is 4.98 Å². The highest BCUT2D eigenvalue weighted by Crippen LogP contribution is 2.32. The number of methoxy groups -OCH3 is 1. The molecule has 1 N–H and O–H groups in total. The van der Waals surface area contributed by atoms with Gasteiger partial charge in [0, 0.05) is 23.6 Å². The van der Waals surface area contributed by atoms with E-state index in [1.54, 1.807) is 31.4 Å². The first kappa shape index (κ1) is 23.5. The maximum absolute atomic E-state index is 13.1. The molecule has 0 fully saturated rings. The summed E-state index contributed by atoms with van der Waals surface area (Å²) in [6, 6.07) is 20.6. The Morgan fingerprint density at radius 2 is 1.76 bits per heavy atom. The van der Waals surface area contributed by atoms with E-state index < -0.39 is 15.9 Å². The third kappa shape index (κ3) is 4.80. The lowest BCUT2D eigenvalue weighted by molar-refractivity contribution is 0.102. The van der Waals surface area contributed by atoms with E-state index in [1.807, 2.05) is 48.7 Å². The summed E-state index contributed by atoms with van der Waals surface area (Å²) in [4.78, 5) is 17.4. The first-order valence-electron chi connectivity index (χ1n) is 10.4. The molecular weight excluding hydrogens is 470 g/mol. The largest absolute Gasteiger partial charge is 0.496 e. The van der Waals surface area contributed by atoms with Gasteiger partial charge in [0.2, 0.25) is 0 Å². The Labute approximate surface area is 202 Å². The van der Waals surface area contributed by atoms with Crippen LogP contribution in [0.2, 0.25) is 0 Å². The Bertz CT molecular complexity index is 1430. The summed E-state index contributed by atoms with van der Waals surface area (Å²) in [5.74, 6) is 0.234. The Kier molecular flexibility index (Phi) is 6.67. The predicted molar refractivity (Wildman–Crippen MR) is 135 cm³/mol. The van der Waals surface area contributed by atoms with Gasteiger partial charge in [0.15, 0.2) is 5.13 Å². The molecule has 34 heavy (non-hydrogen) atoms. The Hall–Kier alpha value is -3.69. The smallest absolute Gasteiger partial charge is 0.264 e. The molecule has 4 aromatic rings. The van der Waals surface area contributed by atoms with Crippen molar-refractivity contribution in [2.24, 2.45) is 0 Å². The lowest BCUT2D eigenvalue weighted by atomic mass is 10.1. The number of hydrogen-bond donors (Lipinski definition) is 1. The van der Waals surface area contributed by atoms with Crippen LogP contribution in [0.3, 0.4) is 0 Å². The standard InChI is InChI=1S/C25H23N3O4S2/c1-17-11-13-19(14-12-17)28(2)34(30,31)20-8-6-7-18(15-20)24(29)27-25-26-22(16-33-25)21-9-4-5-10-23(21)32-3/h4-16H,1-3H3,(H,26,27,29). The van der Waals surface area contributed by atoms with Crippen molar-refractivity contribution in [3.05, 3.63) is 89.3 Å². The number of hydrogen-bond acceptors (Lipinski definition) is 6. The van der Waals surface area contributed by atoms with Crippen molar-refractivity contribution in [1.29, 1.82) is 0 Å². The van der Waals surface area contributed by atoms with Crippen LogP contribution in [0.25, 0.3) is 11.3 Å². The zero-order valence-electron chi connectivity index (χ0n) is 18.8. The van der Waals surface area contributed by atoms with Gasteiger partial charge in [-0.15, -0.1) is 11.3 Å². The third-order valence-corrected chi connectivity index (χ3v) is 7.80. The molecule has 9 heteroatoms. The molecule has 7 nitrogen and oxygen atoms in total. The van der Waals surface area contributed by atoms with E-state index in [4.69, 9.17) is 4.74 Å². The SMILES string of the molecule is COc1ccccc1-c1csc(NC(=O)c2cccc(S(=O)(=O)N(C)c3ccc(C)cc3)c2)n1. The molecule has 1 aromatic heterocycles. The highest BCUT2D eigenvalue weighted by atomic mass is 32.2. The number of nitrogens with zero attached hydrogens (tertiary/aromatic N) is 2. The van der Waals surface area contributed by atoms with Crippen LogP contribution >= 0.6 is 11.3 Å². The fraction of sp³-hybridized carbons (Fsp3) is 0.120. The molecule has 0 aliphatic heterocycles. The topological polar surface area (TPSA) is 88.6 Å². The number of benzene rings is 3. The molecule has 0 spiro atoms. The van der Waals surface area contributed by atoms with Crippen molar-refractivity contribution in [3.8, 4) is 17.0 Å². The first-order valence-corrected chi connectivity index (χ1v) is 12.7. The molecule has 0 aliphatic carbocycles. The minimum absolute atomic E-state index is 0.0251. The number of carbonyl (C=O) groups is 1. The molecule has 0 atom stereocenters. The molecule has 0 aliphatic rings. The van der Waals surface area contributed by atoms with Gasteiger partial charge in [0.05, 0.1) is 23.4 Å². The molecular formula is C25H23N3O4S2. The van der Waals surface area contributed by atoms with Gasteiger partial charge >= 0.3 is 0 Å². The van der Waals surface area contributed by atoms with E-state index in [9.17, 15) is 13.2 Å². The van der Waals surface area contributed by atoms with Crippen LogP contribution in [0.1, 0.15) is 15.9 Å². The molecule has 0 radical (unpaired) electrons. The second kappa shape index (κ2) is 9.66. The number of aryl methyl sites for hydroxylation is 1. The maximum Gasteiger partial charge on any atom is 0.264 e. The van der Waals surface area contributed by atoms with Crippen LogP contribution in [0.5, 0.6) is 5.75 Å². The fourth-order valence-corrected chi connectivity index (χ4v) is 5.28. The molecule has 0 bridgehead atoms. The highest BCUT2D eigenvalue weighted by molar-refractivity contribution is 7.92. The van der Waals surface area contributed by atoms with Crippen molar-refractivity contribution < 1.29 is 17.9 Å². The number of carbonyl (C=O) groups excluding carboxylic acids is 1. The number of sulfonamides is 1. The summed E-state index contributed by atoms with van der Waals surface area (Å²) < 4.78 is 32.9. The van der Waals surface area contributed by atoms with Gasteiger partial charge in [-0.1, -0.05) is 35.9 Å². The highest BCUT2D eigenvalue weighted by Gasteiger charge is 2.23. The van der Waals surface area contributed by atoms with E-state index in [0.29, 0.717) is 22.3 Å². The molecule has 1 amide bonds. The number of rotatable bonds is 7. The lowest BCUT2D eigenvalue weighted by Crippen LogP contribution is -2.26. The van der Waals surface area contributed by atoms with Crippen LogP contribution in [-0.4, -0.2) is 33.5 Å². The molecule has 3 aromatic carbocycles. The number of para-hydroxylation sites is 1. The molecule has 1 heterocycles. The monoisotopic (exact) mass is 493 g/mol. The van der Waals surface area contributed by atoms with E-state index in [1.165, 1.54) is 34.8 Å². The van der Waals surface area contributed by atoms with Gasteiger partial charge in [-0.25, -0.2) is 13.4 Å². The number of nitrogens with one attached hydrogen (secondary N) is 1. The predicted octanol–water partition coefficient (Wildman–Crippen LogP) is 5.20. The molecule has 174 valence electrons. The van der Waals surface area contributed by atoms with Gasteiger partial charge < -0.3 is 4.74 Å². The number of aromatic nitrogens is 1. The van der Waals surface area contributed by atoms with Gasteiger partial charge in [-0.05, 0) is 49.4 Å². The third-order valence-electron chi connectivity index (χ3n) is 5.26. The zero-order chi connectivity index (χ0) is 24.3. The number of ether oxygens (including phenoxy) is 1. The second-order valence-electron chi connectivity index (χ2n) is 7.53. The minimum atomic E-state index is -3.85. The summed E-state index contributed by atoms with van der Waals surface area (Å²) in [6.45, 7) is 1.93. The van der Waals surface area contributed by atoms with Crippen LogP contribution in [-0.2, 0) is 10.0 Å². The Balaban J connectivity index is 1.54. The van der Waals surface area contributed by atoms with Crippen LogP contribution in [0, 0.1) is 6.92 Å². The summed E-state index contributed by atoms with van der Waals surface area (Å²) >= 11 is 1.27. The van der Waals surface area contributed by atoms with Crippen molar-refractivity contribution in [2.75, 3.05) is 23.8 Å². The number of amides is 1. The Morgan fingerprint density at radius 3 is 2.50 bits per heavy atom. The molecule has 4 rings (SSSR count). The van der Waals surface area contributed by atoms with E-state index >= 15 is 0 Å². The van der Waals surface area contributed by atoms with Crippen LogP contribution < -0.4 is 14.4 Å². The van der Waals surface area contributed by atoms with E-state index in [2.05, 4.69) is 10.3 Å². The van der Waals surface area contributed by atoms with E-state index in [-0.39, 0.29) is 10.5 Å². The van der Waals surface area contributed by atoms with Gasteiger partial charge in [0.25, 0.3) is 15.9 Å². The molecule has 0 saturated carbocycles. The summed E-state index contributed by atoms with van der Waals surface area (Å²) in [5.41, 5.74) is 3.27. The van der Waals surface area contributed by atoms with Crippen molar-refractivity contribution >= 4 is 38.1 Å². The average Bonchev–Trinajstić information content (AvgIpc) is 3.32. The lowest BCUT2D eigenvalue weighted by Gasteiger charge is -2.20.